The van der Waals surface area contributed by atoms with E-state index in [2.05, 4.69) is 20.3 Å². The fourth-order valence-corrected chi connectivity index (χ4v) is 6.80. The number of benzene rings is 3. The van der Waals surface area contributed by atoms with Crippen LogP contribution in [0.15, 0.2) is 101 Å². The average Bonchev–Trinajstić information content (AvgIpc) is 3.50. The van der Waals surface area contributed by atoms with E-state index in [0.29, 0.717) is 15.4 Å². The number of hydrogen-bond donors (Lipinski definition) is 2. The van der Waals surface area contributed by atoms with E-state index in [0.717, 1.165) is 17.0 Å². The third-order valence-corrected chi connectivity index (χ3v) is 9.46. The van der Waals surface area contributed by atoms with Crippen LogP contribution in [0, 0.1) is 10.1 Å². The van der Waals surface area contributed by atoms with Gasteiger partial charge in [-0.15, -0.1) is 0 Å². The smallest absolute Gasteiger partial charge is 0.414 e. The zero-order chi connectivity index (χ0) is 34.7. The van der Waals surface area contributed by atoms with Gasteiger partial charge in [0.05, 0.1) is 17.8 Å². The molecule has 6 rings (SSSR count). The van der Waals surface area contributed by atoms with Crippen molar-refractivity contribution in [3.8, 4) is 0 Å². The number of ether oxygens (including phenoxy) is 1. The minimum atomic E-state index is -4.58. The Morgan fingerprint density at radius 2 is 1.59 bits per heavy atom. The van der Waals surface area contributed by atoms with Gasteiger partial charge in [-0.25, -0.2) is 22.5 Å². The predicted molar refractivity (Wildman–Crippen MR) is 172 cm³/mol. The lowest BCUT2D eigenvalue weighted by Gasteiger charge is -2.33. The summed E-state index contributed by atoms with van der Waals surface area (Å²) in [7, 11) is -4.58. The second-order valence-electron chi connectivity index (χ2n) is 10.7. The van der Waals surface area contributed by atoms with Crippen LogP contribution in [0.3, 0.4) is 0 Å². The molecule has 0 bridgehead atoms. The molecule has 17 nitrogen and oxygen atoms in total. The number of piperazine rings is 1. The minimum Gasteiger partial charge on any atom is -0.436 e. The second kappa shape index (κ2) is 13.4. The molecule has 1 saturated heterocycles. The van der Waals surface area contributed by atoms with E-state index in [1.807, 2.05) is 12.1 Å². The Morgan fingerprint density at radius 3 is 2.22 bits per heavy atom. The van der Waals surface area contributed by atoms with Crippen molar-refractivity contribution in [2.75, 3.05) is 25.0 Å². The Kier molecular flexibility index (Phi) is 8.86. The van der Waals surface area contributed by atoms with Crippen molar-refractivity contribution in [3.05, 3.63) is 123 Å². The van der Waals surface area contributed by atoms with Gasteiger partial charge in [-0.1, -0.05) is 72.8 Å². The first-order chi connectivity index (χ1) is 23.5. The summed E-state index contributed by atoms with van der Waals surface area (Å²) < 4.78 is 33.8. The van der Waals surface area contributed by atoms with Gasteiger partial charge < -0.3 is 14.2 Å². The quantitative estimate of drug-likeness (QED) is 0.169. The number of fused-ring (bicyclic) bond motifs is 1. The van der Waals surface area contributed by atoms with Crippen LogP contribution in [0.5, 0.6) is 0 Å². The molecule has 0 spiro atoms. The lowest BCUT2D eigenvalue weighted by molar-refractivity contribution is -0.387. The van der Waals surface area contributed by atoms with Crippen molar-refractivity contribution in [2.45, 2.75) is 17.5 Å². The van der Waals surface area contributed by atoms with E-state index in [1.165, 1.54) is 23.0 Å². The molecule has 0 atom stereocenters. The summed E-state index contributed by atoms with van der Waals surface area (Å²) in [5.41, 5.74) is -0.171. The van der Waals surface area contributed by atoms with Crippen LogP contribution in [0.2, 0.25) is 0 Å². The molecule has 3 amide bonds. The molecule has 2 N–H and O–H groups in total. The number of nitro benzene ring substituents is 1. The highest BCUT2D eigenvalue weighted by Gasteiger charge is 2.38. The number of nitro groups is 1. The lowest BCUT2D eigenvalue weighted by Crippen LogP contribution is -2.54. The summed E-state index contributed by atoms with van der Waals surface area (Å²) in [6.45, 7) is -1.70. The number of carbonyl (C=O) groups is 3. The molecule has 1 aliphatic heterocycles. The van der Waals surface area contributed by atoms with Gasteiger partial charge in [0.1, 0.15) is 13.1 Å². The summed E-state index contributed by atoms with van der Waals surface area (Å²) in [5.74, 6) is -1.86. The number of amides is 3. The largest absolute Gasteiger partial charge is 0.436 e. The molecule has 49 heavy (non-hydrogen) atoms. The SMILES string of the molecule is O=C(Nc1nc2c(ncn2CC(=O)N2CCN(S(=O)(=O)c3ccccc3[N+](=O)[O-])C(=O)C2)c(=O)[nH]1)OC(c1ccccc1)c1ccccc1. The van der Waals surface area contributed by atoms with Gasteiger partial charge >= 0.3 is 6.09 Å². The number of H-pyrrole nitrogens is 1. The number of carbonyl (C=O) groups excluding carboxylic acids is 3. The number of imidazole rings is 1. The molecule has 18 heteroatoms. The molecule has 0 unspecified atom stereocenters. The van der Waals surface area contributed by atoms with Crippen molar-refractivity contribution in [1.29, 1.82) is 0 Å². The van der Waals surface area contributed by atoms with Crippen LogP contribution < -0.4 is 10.9 Å². The molecule has 3 aromatic carbocycles. The Hall–Kier alpha value is -6.43. The van der Waals surface area contributed by atoms with Crippen LogP contribution in [-0.2, 0) is 30.9 Å². The maximum absolute atomic E-state index is 13.2. The van der Waals surface area contributed by atoms with Crippen molar-refractivity contribution in [3.63, 3.8) is 0 Å². The number of aromatic nitrogens is 4. The van der Waals surface area contributed by atoms with Crippen molar-refractivity contribution in [2.24, 2.45) is 0 Å². The Labute approximate surface area is 277 Å². The fraction of sp³-hybridized carbons (Fsp3) is 0.161. The first kappa shape index (κ1) is 32.5. The first-order valence-electron chi connectivity index (χ1n) is 14.6. The van der Waals surface area contributed by atoms with Gasteiger partial charge in [-0.05, 0) is 17.2 Å². The summed E-state index contributed by atoms with van der Waals surface area (Å²) in [6, 6.07) is 22.7. The normalized spacial score (nSPS) is 13.4. The number of rotatable bonds is 9. The average molecular weight is 687 g/mol. The predicted octanol–water partition coefficient (Wildman–Crippen LogP) is 2.43. The van der Waals surface area contributed by atoms with E-state index in [-0.39, 0.29) is 23.7 Å². The van der Waals surface area contributed by atoms with Gasteiger partial charge in [0, 0.05) is 12.6 Å². The lowest BCUT2D eigenvalue weighted by atomic mass is 10.0. The first-order valence-corrected chi connectivity index (χ1v) is 16.1. The Balaban J connectivity index is 1.16. The molecular formula is C31H26N8O9S. The maximum Gasteiger partial charge on any atom is 0.414 e. The summed E-state index contributed by atoms with van der Waals surface area (Å²) in [6.07, 6.45) is -0.512. The van der Waals surface area contributed by atoms with Crippen molar-refractivity contribution < 1.29 is 32.5 Å². The third-order valence-electron chi connectivity index (χ3n) is 7.59. The van der Waals surface area contributed by atoms with E-state index in [1.54, 1.807) is 48.5 Å². The van der Waals surface area contributed by atoms with E-state index in [9.17, 15) is 37.7 Å². The third kappa shape index (κ3) is 6.70. The van der Waals surface area contributed by atoms with Crippen molar-refractivity contribution in [1.82, 2.24) is 28.7 Å². The van der Waals surface area contributed by atoms with Gasteiger partial charge in [0.15, 0.2) is 22.2 Å². The summed E-state index contributed by atoms with van der Waals surface area (Å²) in [4.78, 5) is 73.6. The molecule has 3 heterocycles. The van der Waals surface area contributed by atoms with E-state index < -0.39 is 74.7 Å². The van der Waals surface area contributed by atoms with Gasteiger partial charge in [0.25, 0.3) is 27.2 Å². The number of anilines is 1. The van der Waals surface area contributed by atoms with Crippen LogP contribution in [0.25, 0.3) is 11.2 Å². The van der Waals surface area contributed by atoms with Gasteiger partial charge in [0.2, 0.25) is 11.9 Å². The molecule has 2 aromatic heterocycles. The van der Waals surface area contributed by atoms with Crippen LogP contribution >= 0.6 is 0 Å². The van der Waals surface area contributed by atoms with E-state index in [4.69, 9.17) is 4.74 Å². The number of hydrogen-bond acceptors (Lipinski definition) is 11. The van der Waals surface area contributed by atoms with Crippen LogP contribution in [0.1, 0.15) is 17.2 Å². The number of nitrogens with one attached hydrogen (secondary N) is 2. The van der Waals surface area contributed by atoms with Gasteiger partial charge in [-0.3, -0.25) is 34.8 Å². The standard InChI is InChI=1S/C31H26N8O9S/c40-24(36-15-16-38(25(41)18-36)49(46,47)23-14-8-7-13-22(23)39(44)45)17-37-19-32-26-28(37)33-30(34-29(26)42)35-31(43)48-27(20-9-3-1-4-10-20)21-11-5-2-6-12-21/h1-14,19,27H,15-18H2,(H2,33,34,35,42,43). The number of aromatic amines is 1. The molecule has 0 radical (unpaired) electrons. The second-order valence-corrected chi connectivity index (χ2v) is 12.5. The Bertz CT molecular complexity index is 2200. The number of sulfonamides is 1. The van der Waals surface area contributed by atoms with Gasteiger partial charge in [-0.2, -0.15) is 4.98 Å². The van der Waals surface area contributed by atoms with Crippen LogP contribution in [-0.4, -0.2) is 79.6 Å². The van der Waals surface area contributed by atoms with Crippen molar-refractivity contribution >= 4 is 50.7 Å². The molecule has 0 saturated carbocycles. The zero-order valence-corrected chi connectivity index (χ0v) is 26.1. The molecule has 250 valence electrons. The molecule has 5 aromatic rings. The highest BCUT2D eigenvalue weighted by atomic mass is 32.2. The monoisotopic (exact) mass is 686 g/mol. The zero-order valence-electron chi connectivity index (χ0n) is 25.3. The molecule has 1 fully saturated rings. The molecular weight excluding hydrogens is 660 g/mol. The summed E-state index contributed by atoms with van der Waals surface area (Å²) in [5, 5.41) is 13.8. The fourth-order valence-electron chi connectivity index (χ4n) is 5.26. The molecule has 0 aliphatic carbocycles. The van der Waals surface area contributed by atoms with Crippen LogP contribution in [0.4, 0.5) is 16.4 Å². The molecule has 1 aliphatic rings. The number of para-hydroxylation sites is 1. The Morgan fingerprint density at radius 1 is 0.959 bits per heavy atom. The summed E-state index contributed by atoms with van der Waals surface area (Å²) >= 11 is 0. The highest BCUT2D eigenvalue weighted by molar-refractivity contribution is 7.89. The minimum absolute atomic E-state index is 0.0565. The van der Waals surface area contributed by atoms with E-state index >= 15 is 0 Å². The number of nitrogens with zero attached hydrogens (tertiary/aromatic N) is 6. The topological polar surface area (TPSA) is 220 Å². The maximum atomic E-state index is 13.2. The highest BCUT2D eigenvalue weighted by Crippen LogP contribution is 2.28.